The van der Waals surface area contributed by atoms with Crippen molar-refractivity contribution in [3.05, 3.63) is 0 Å². The van der Waals surface area contributed by atoms with Gasteiger partial charge in [-0.15, -0.1) is 0 Å². The van der Waals surface area contributed by atoms with E-state index in [4.69, 9.17) is 0 Å². The van der Waals surface area contributed by atoms with E-state index in [0.717, 1.165) is 12.3 Å². The molecular formula is C12H22O. The van der Waals surface area contributed by atoms with Gasteiger partial charge in [0.25, 0.3) is 0 Å². The Kier molecular flexibility index (Phi) is 1.83. The number of aliphatic hydroxyl groups is 1. The lowest BCUT2D eigenvalue weighted by Crippen LogP contribution is -2.64. The summed E-state index contributed by atoms with van der Waals surface area (Å²) in [7, 11) is 0. The summed E-state index contributed by atoms with van der Waals surface area (Å²) in [5.41, 5.74) is 0.760. The summed E-state index contributed by atoms with van der Waals surface area (Å²) in [5.74, 6) is 1.34. The van der Waals surface area contributed by atoms with Crippen LogP contribution in [0.1, 0.15) is 47.0 Å². The zero-order chi connectivity index (χ0) is 9.85. The topological polar surface area (TPSA) is 20.2 Å². The van der Waals surface area contributed by atoms with Gasteiger partial charge in [0.05, 0.1) is 6.10 Å². The molecule has 0 aromatic heterocycles. The van der Waals surface area contributed by atoms with Crippen LogP contribution < -0.4 is 0 Å². The first-order valence-corrected chi connectivity index (χ1v) is 5.57. The molecule has 0 saturated heterocycles. The van der Waals surface area contributed by atoms with Gasteiger partial charge >= 0.3 is 0 Å². The average Bonchev–Trinajstić information content (AvgIpc) is 2.03. The van der Waals surface area contributed by atoms with Crippen molar-refractivity contribution in [3.63, 3.8) is 0 Å². The Bertz CT molecular complexity index is 217. The normalized spacial score (nSPS) is 46.4. The zero-order valence-corrected chi connectivity index (χ0v) is 9.30. The van der Waals surface area contributed by atoms with Gasteiger partial charge in [-0.25, -0.2) is 0 Å². The summed E-state index contributed by atoms with van der Waals surface area (Å²) >= 11 is 0. The van der Waals surface area contributed by atoms with Crippen LogP contribution in [-0.2, 0) is 0 Å². The highest BCUT2D eigenvalue weighted by molar-refractivity contribution is 5.12. The molecule has 13 heavy (non-hydrogen) atoms. The van der Waals surface area contributed by atoms with Crippen LogP contribution in [0.25, 0.3) is 0 Å². The van der Waals surface area contributed by atoms with E-state index in [0.29, 0.717) is 16.7 Å². The van der Waals surface area contributed by atoms with Crippen LogP contribution in [0.15, 0.2) is 0 Å². The first kappa shape index (κ1) is 9.51. The Balaban J connectivity index is 2.25. The minimum absolute atomic E-state index is 0.0261. The van der Waals surface area contributed by atoms with E-state index in [1.807, 2.05) is 0 Å². The van der Waals surface area contributed by atoms with E-state index in [9.17, 15) is 5.11 Å². The molecule has 1 N–H and O–H groups in total. The van der Waals surface area contributed by atoms with E-state index in [1.54, 1.807) is 0 Å². The largest absolute Gasteiger partial charge is 0.393 e. The second-order valence-corrected chi connectivity index (χ2v) is 6.07. The predicted octanol–water partition coefficient (Wildman–Crippen LogP) is 2.83. The number of hydrogen-bond acceptors (Lipinski definition) is 1. The van der Waals surface area contributed by atoms with Gasteiger partial charge in [-0.3, -0.25) is 0 Å². The molecule has 2 saturated carbocycles. The van der Waals surface area contributed by atoms with Crippen LogP contribution >= 0.6 is 0 Å². The molecule has 0 amide bonds. The van der Waals surface area contributed by atoms with Crippen LogP contribution in [0, 0.1) is 22.7 Å². The molecule has 1 nitrogen and oxygen atoms in total. The maximum Gasteiger partial charge on any atom is 0.0576 e. The smallest absolute Gasteiger partial charge is 0.0576 e. The molecule has 2 aliphatic carbocycles. The molecule has 0 heterocycles. The molecule has 0 radical (unpaired) electrons. The lowest BCUT2D eigenvalue weighted by Gasteiger charge is -2.68. The van der Waals surface area contributed by atoms with Gasteiger partial charge in [-0.05, 0) is 35.5 Å². The monoisotopic (exact) mass is 182 g/mol. The van der Waals surface area contributed by atoms with E-state index in [1.165, 1.54) is 12.8 Å². The maximum absolute atomic E-state index is 9.97. The van der Waals surface area contributed by atoms with Crippen molar-refractivity contribution in [2.24, 2.45) is 22.7 Å². The Morgan fingerprint density at radius 3 is 2.15 bits per heavy atom. The van der Waals surface area contributed by atoms with Gasteiger partial charge in [-0.2, -0.15) is 0 Å². The molecule has 3 unspecified atom stereocenters. The molecule has 2 rings (SSSR count). The van der Waals surface area contributed by atoms with Gasteiger partial charge in [0.15, 0.2) is 0 Å². The first-order chi connectivity index (χ1) is 5.89. The predicted molar refractivity (Wildman–Crippen MR) is 54.4 cm³/mol. The third-order valence-electron chi connectivity index (χ3n) is 5.28. The minimum atomic E-state index is -0.0261. The Hall–Kier alpha value is -0.0400. The van der Waals surface area contributed by atoms with Crippen LogP contribution in [-0.4, -0.2) is 11.2 Å². The first-order valence-electron chi connectivity index (χ1n) is 5.57. The highest BCUT2D eigenvalue weighted by Gasteiger charge is 2.63. The fourth-order valence-electron chi connectivity index (χ4n) is 3.78. The fourth-order valence-corrected chi connectivity index (χ4v) is 3.78. The van der Waals surface area contributed by atoms with Gasteiger partial charge in [0.1, 0.15) is 0 Å². The van der Waals surface area contributed by atoms with Gasteiger partial charge in [0.2, 0.25) is 0 Å². The SMILES string of the molecule is CC1(C)C2CCCC(O)C2C1(C)C. The van der Waals surface area contributed by atoms with Crippen LogP contribution in [0.2, 0.25) is 0 Å². The van der Waals surface area contributed by atoms with E-state index < -0.39 is 0 Å². The summed E-state index contributed by atoms with van der Waals surface area (Å²) < 4.78 is 0. The summed E-state index contributed by atoms with van der Waals surface area (Å²) in [4.78, 5) is 0. The van der Waals surface area contributed by atoms with Crippen molar-refractivity contribution in [3.8, 4) is 0 Å². The lowest BCUT2D eigenvalue weighted by atomic mass is 9.37. The molecular weight excluding hydrogens is 160 g/mol. The van der Waals surface area contributed by atoms with Crippen LogP contribution in [0.4, 0.5) is 0 Å². The van der Waals surface area contributed by atoms with Crippen molar-refractivity contribution in [2.45, 2.75) is 53.1 Å². The molecule has 76 valence electrons. The molecule has 0 aromatic rings. The lowest BCUT2D eigenvalue weighted by molar-refractivity contribution is -0.226. The van der Waals surface area contributed by atoms with Crippen LogP contribution in [0.5, 0.6) is 0 Å². The Morgan fingerprint density at radius 2 is 1.62 bits per heavy atom. The van der Waals surface area contributed by atoms with Gasteiger partial charge in [0, 0.05) is 0 Å². The third kappa shape index (κ3) is 0.971. The molecule has 3 atom stereocenters. The summed E-state index contributed by atoms with van der Waals surface area (Å²) in [6.07, 6.45) is 3.56. The van der Waals surface area contributed by atoms with Crippen LogP contribution in [0.3, 0.4) is 0 Å². The standard InChI is InChI=1S/C12H22O/c1-11(2)8-6-5-7-9(13)10(8)12(11,3)4/h8-10,13H,5-7H2,1-4H3. The summed E-state index contributed by atoms with van der Waals surface area (Å²) in [5, 5.41) is 9.97. The van der Waals surface area contributed by atoms with E-state index >= 15 is 0 Å². The maximum atomic E-state index is 9.97. The van der Waals surface area contributed by atoms with Crippen molar-refractivity contribution in [1.29, 1.82) is 0 Å². The molecule has 0 aromatic carbocycles. The van der Waals surface area contributed by atoms with Crippen molar-refractivity contribution in [2.75, 3.05) is 0 Å². The molecule has 2 aliphatic rings. The quantitative estimate of drug-likeness (QED) is 0.611. The minimum Gasteiger partial charge on any atom is -0.393 e. The van der Waals surface area contributed by atoms with Crippen molar-refractivity contribution >= 4 is 0 Å². The van der Waals surface area contributed by atoms with Crippen molar-refractivity contribution < 1.29 is 5.11 Å². The Labute approximate surface area is 81.5 Å². The number of rotatable bonds is 0. The molecule has 0 bridgehead atoms. The molecule has 0 spiro atoms. The van der Waals surface area contributed by atoms with Crippen molar-refractivity contribution in [1.82, 2.24) is 0 Å². The fraction of sp³-hybridized carbons (Fsp3) is 1.00. The van der Waals surface area contributed by atoms with Gasteiger partial charge < -0.3 is 5.11 Å². The highest BCUT2D eigenvalue weighted by atomic mass is 16.3. The highest BCUT2D eigenvalue weighted by Crippen LogP contribution is 2.68. The average molecular weight is 182 g/mol. The molecule has 1 heteroatoms. The van der Waals surface area contributed by atoms with E-state index in [2.05, 4.69) is 27.7 Å². The number of fused-ring (bicyclic) bond motifs is 1. The summed E-state index contributed by atoms with van der Waals surface area (Å²) in [6, 6.07) is 0. The Morgan fingerprint density at radius 1 is 1.00 bits per heavy atom. The summed E-state index contributed by atoms with van der Waals surface area (Å²) in [6.45, 7) is 9.38. The number of aliphatic hydroxyl groups excluding tert-OH is 1. The third-order valence-corrected chi connectivity index (χ3v) is 5.28. The number of hydrogen-bond donors (Lipinski definition) is 1. The second-order valence-electron chi connectivity index (χ2n) is 6.07. The molecule has 0 aliphatic heterocycles. The second kappa shape index (κ2) is 2.50. The zero-order valence-electron chi connectivity index (χ0n) is 9.30. The molecule has 2 fully saturated rings. The van der Waals surface area contributed by atoms with Gasteiger partial charge in [-0.1, -0.05) is 34.1 Å². The van der Waals surface area contributed by atoms with E-state index in [-0.39, 0.29) is 6.10 Å².